The van der Waals surface area contributed by atoms with Gasteiger partial charge in [-0.25, -0.2) is 0 Å². The molecule has 13 heavy (non-hydrogen) atoms. The van der Waals surface area contributed by atoms with Crippen LogP contribution >= 0.6 is 0 Å². The van der Waals surface area contributed by atoms with Gasteiger partial charge in [-0.2, -0.15) is 0 Å². The zero-order chi connectivity index (χ0) is 10.3. The van der Waals surface area contributed by atoms with Crippen LogP contribution in [-0.2, 0) is 0 Å². The average molecular weight is 180 g/mol. The summed E-state index contributed by atoms with van der Waals surface area (Å²) in [6.45, 7) is 12.6. The van der Waals surface area contributed by atoms with Crippen molar-refractivity contribution in [1.29, 1.82) is 0 Å². The Balaban J connectivity index is 0.000000424. The Hall–Kier alpha value is -0.520. The van der Waals surface area contributed by atoms with E-state index in [0.717, 1.165) is 5.92 Å². The van der Waals surface area contributed by atoms with E-state index in [1.807, 2.05) is 6.08 Å². The number of hydrogen-bond donors (Lipinski definition) is 0. The van der Waals surface area contributed by atoms with E-state index in [1.165, 1.54) is 31.3 Å². The highest BCUT2D eigenvalue weighted by atomic mass is 14.2. The Labute approximate surface area is 83.7 Å². The van der Waals surface area contributed by atoms with Gasteiger partial charge < -0.3 is 0 Å². The highest BCUT2D eigenvalue weighted by Crippen LogP contribution is 2.29. The van der Waals surface area contributed by atoms with Crippen LogP contribution in [0.15, 0.2) is 23.8 Å². The molecule has 0 aromatic carbocycles. The minimum atomic E-state index is 0.756. The van der Waals surface area contributed by atoms with Crippen molar-refractivity contribution in [3.05, 3.63) is 23.8 Å². The van der Waals surface area contributed by atoms with Crippen LogP contribution in [0.5, 0.6) is 0 Å². The van der Waals surface area contributed by atoms with Gasteiger partial charge in [-0.1, -0.05) is 45.4 Å². The molecule has 1 atom stereocenters. The number of rotatable bonds is 1. The summed E-state index contributed by atoms with van der Waals surface area (Å²) >= 11 is 0. The fourth-order valence-corrected chi connectivity index (χ4v) is 1.77. The summed E-state index contributed by atoms with van der Waals surface area (Å²) in [5, 5.41) is 0. The van der Waals surface area contributed by atoms with Gasteiger partial charge in [0.25, 0.3) is 0 Å². The van der Waals surface area contributed by atoms with Gasteiger partial charge in [0.1, 0.15) is 0 Å². The molecule has 0 fully saturated rings. The molecule has 1 aliphatic rings. The van der Waals surface area contributed by atoms with Gasteiger partial charge in [-0.05, 0) is 37.7 Å². The Morgan fingerprint density at radius 2 is 2.00 bits per heavy atom. The standard InChI is InChI=1S/C10H16.C3H8/c1-4-10-8(2)6-5-7-9(10)3;1-3-2/h4,8H,1,5-7H2,2-3H3;3H2,1-2H3. The van der Waals surface area contributed by atoms with Crippen molar-refractivity contribution in [1.82, 2.24) is 0 Å². The molecule has 0 N–H and O–H groups in total. The second-order valence-corrected chi connectivity index (χ2v) is 3.94. The lowest BCUT2D eigenvalue weighted by molar-refractivity contribution is 0.546. The third-order valence-electron chi connectivity index (χ3n) is 2.43. The first-order valence-corrected chi connectivity index (χ1v) is 5.49. The van der Waals surface area contributed by atoms with Crippen LogP contribution in [0.3, 0.4) is 0 Å². The molecule has 0 aliphatic heterocycles. The molecule has 0 radical (unpaired) electrons. The van der Waals surface area contributed by atoms with Crippen LogP contribution in [-0.4, -0.2) is 0 Å². The van der Waals surface area contributed by atoms with Gasteiger partial charge >= 0.3 is 0 Å². The summed E-state index contributed by atoms with van der Waals surface area (Å²) in [5.74, 6) is 0.756. The summed E-state index contributed by atoms with van der Waals surface area (Å²) in [5.41, 5.74) is 3.04. The van der Waals surface area contributed by atoms with Crippen LogP contribution in [0.2, 0.25) is 0 Å². The first-order chi connectivity index (χ1) is 6.17. The molecule has 76 valence electrons. The van der Waals surface area contributed by atoms with Gasteiger partial charge in [-0.15, -0.1) is 0 Å². The molecular formula is C13H24. The van der Waals surface area contributed by atoms with Crippen LogP contribution < -0.4 is 0 Å². The van der Waals surface area contributed by atoms with Crippen molar-refractivity contribution in [3.63, 3.8) is 0 Å². The average Bonchev–Trinajstić information content (AvgIpc) is 2.06. The summed E-state index contributed by atoms with van der Waals surface area (Å²) in [4.78, 5) is 0. The van der Waals surface area contributed by atoms with Gasteiger partial charge in [0.15, 0.2) is 0 Å². The van der Waals surface area contributed by atoms with E-state index in [0.29, 0.717) is 0 Å². The molecule has 0 saturated carbocycles. The molecule has 1 rings (SSSR count). The second kappa shape index (κ2) is 6.94. The third kappa shape index (κ3) is 4.31. The van der Waals surface area contributed by atoms with Crippen molar-refractivity contribution < 1.29 is 0 Å². The molecule has 0 saturated heterocycles. The Morgan fingerprint density at radius 3 is 2.31 bits per heavy atom. The van der Waals surface area contributed by atoms with Crippen molar-refractivity contribution in [3.8, 4) is 0 Å². The van der Waals surface area contributed by atoms with Crippen molar-refractivity contribution in [2.24, 2.45) is 5.92 Å². The maximum atomic E-state index is 3.83. The lowest BCUT2D eigenvalue weighted by atomic mass is 9.85. The van der Waals surface area contributed by atoms with Crippen molar-refractivity contribution >= 4 is 0 Å². The Morgan fingerprint density at radius 1 is 1.46 bits per heavy atom. The van der Waals surface area contributed by atoms with Crippen molar-refractivity contribution in [2.45, 2.75) is 53.4 Å². The SMILES string of the molecule is C=CC1=C(C)CCCC1C.CCC. The molecule has 0 heterocycles. The first kappa shape index (κ1) is 12.5. The second-order valence-electron chi connectivity index (χ2n) is 3.94. The molecule has 1 unspecified atom stereocenters. The molecule has 0 nitrogen and oxygen atoms in total. The zero-order valence-corrected chi connectivity index (χ0v) is 9.69. The number of allylic oxidation sites excluding steroid dienone is 3. The van der Waals surface area contributed by atoms with Gasteiger partial charge in [-0.3, -0.25) is 0 Å². The third-order valence-corrected chi connectivity index (χ3v) is 2.43. The molecular weight excluding hydrogens is 156 g/mol. The predicted molar refractivity (Wildman–Crippen MR) is 61.9 cm³/mol. The quantitative estimate of drug-likeness (QED) is 0.547. The van der Waals surface area contributed by atoms with Crippen molar-refractivity contribution in [2.75, 3.05) is 0 Å². The van der Waals surface area contributed by atoms with Gasteiger partial charge in [0.05, 0.1) is 0 Å². The molecule has 1 aliphatic carbocycles. The van der Waals surface area contributed by atoms with E-state index < -0.39 is 0 Å². The minimum Gasteiger partial charge on any atom is -0.0988 e. The molecule has 0 aromatic heterocycles. The van der Waals surface area contributed by atoms with Crippen LogP contribution in [0.1, 0.15) is 53.4 Å². The maximum Gasteiger partial charge on any atom is -0.0191 e. The topological polar surface area (TPSA) is 0 Å². The van der Waals surface area contributed by atoms with E-state index >= 15 is 0 Å². The summed E-state index contributed by atoms with van der Waals surface area (Å²) in [7, 11) is 0. The molecule has 0 bridgehead atoms. The van der Waals surface area contributed by atoms with E-state index in [1.54, 1.807) is 5.57 Å². The smallest absolute Gasteiger partial charge is 0.0191 e. The highest BCUT2D eigenvalue weighted by molar-refractivity contribution is 5.26. The monoisotopic (exact) mass is 180 g/mol. The van der Waals surface area contributed by atoms with E-state index in [4.69, 9.17) is 0 Å². The van der Waals surface area contributed by atoms with Crippen LogP contribution in [0.4, 0.5) is 0 Å². The Kier molecular flexibility index (Phi) is 6.66. The summed E-state index contributed by atoms with van der Waals surface area (Å²) < 4.78 is 0. The lowest BCUT2D eigenvalue weighted by Crippen LogP contribution is -2.05. The summed E-state index contributed by atoms with van der Waals surface area (Å²) in [6, 6.07) is 0. The van der Waals surface area contributed by atoms with E-state index in [2.05, 4.69) is 34.3 Å². The summed E-state index contributed by atoms with van der Waals surface area (Å²) in [6.07, 6.45) is 7.27. The molecule has 0 heteroatoms. The molecule has 0 aromatic rings. The molecule has 0 spiro atoms. The van der Waals surface area contributed by atoms with Gasteiger partial charge in [0, 0.05) is 0 Å². The first-order valence-electron chi connectivity index (χ1n) is 5.49. The fraction of sp³-hybridized carbons (Fsp3) is 0.692. The van der Waals surface area contributed by atoms with Gasteiger partial charge in [0.2, 0.25) is 0 Å². The lowest BCUT2D eigenvalue weighted by Gasteiger charge is -2.21. The largest absolute Gasteiger partial charge is 0.0988 e. The van der Waals surface area contributed by atoms with E-state index in [-0.39, 0.29) is 0 Å². The van der Waals surface area contributed by atoms with Crippen LogP contribution in [0, 0.1) is 5.92 Å². The van der Waals surface area contributed by atoms with E-state index in [9.17, 15) is 0 Å². The number of hydrogen-bond acceptors (Lipinski definition) is 0. The minimum absolute atomic E-state index is 0.756. The zero-order valence-electron chi connectivity index (χ0n) is 9.69. The van der Waals surface area contributed by atoms with Crippen LogP contribution in [0.25, 0.3) is 0 Å². The predicted octanol–water partition coefficient (Wildman–Crippen LogP) is 4.73. The Bertz CT molecular complexity index is 174. The molecule has 0 amide bonds. The highest BCUT2D eigenvalue weighted by Gasteiger charge is 2.13. The fourth-order valence-electron chi connectivity index (χ4n) is 1.77. The maximum absolute atomic E-state index is 3.83. The normalized spacial score (nSPS) is 22.0.